The number of nitro benzene ring substituents is 1. The molecule has 0 heterocycles. The van der Waals surface area contributed by atoms with Crippen LogP contribution in [0.5, 0.6) is 5.75 Å². The minimum Gasteiger partial charge on any atom is -0.493 e. The summed E-state index contributed by atoms with van der Waals surface area (Å²) < 4.78 is 12.3. The van der Waals surface area contributed by atoms with Crippen LogP contribution in [0.2, 0.25) is 0 Å². The first-order valence-electron chi connectivity index (χ1n) is 11.7. The molecule has 0 radical (unpaired) electrons. The van der Waals surface area contributed by atoms with Gasteiger partial charge in [-0.1, -0.05) is 36.8 Å². The molecule has 2 aliphatic rings. The second-order valence-corrected chi connectivity index (χ2v) is 9.09. The number of non-ortho nitro benzene ring substituents is 1. The summed E-state index contributed by atoms with van der Waals surface area (Å²) in [7, 11) is 0. The molecule has 2 atom stereocenters. The average Bonchev–Trinajstić information content (AvgIpc) is 3.67. The standard InChI is InChI=1S/C27H27NO5/c29-27(20-11-14-21(15-12-20)28(30)31)33-24-8-4-3-7-23(24)26-22-6-2-1-5-19(22)13-16-25(26)32-17-18-9-10-18/h1-2,5-6,11-16,18,23-24H,3-4,7-10,17H2/t23-,24+/m0/s1. The third kappa shape index (κ3) is 4.70. The van der Waals surface area contributed by atoms with E-state index in [0.29, 0.717) is 11.5 Å². The smallest absolute Gasteiger partial charge is 0.338 e. The van der Waals surface area contributed by atoms with Gasteiger partial charge in [-0.3, -0.25) is 10.1 Å². The topological polar surface area (TPSA) is 78.7 Å². The van der Waals surface area contributed by atoms with E-state index < -0.39 is 10.9 Å². The van der Waals surface area contributed by atoms with E-state index in [1.165, 1.54) is 37.1 Å². The summed E-state index contributed by atoms with van der Waals surface area (Å²) in [6, 6.07) is 18.0. The number of rotatable bonds is 7. The zero-order valence-electron chi connectivity index (χ0n) is 18.4. The van der Waals surface area contributed by atoms with Crippen LogP contribution in [0.25, 0.3) is 10.8 Å². The van der Waals surface area contributed by atoms with Gasteiger partial charge < -0.3 is 9.47 Å². The summed E-state index contributed by atoms with van der Waals surface area (Å²) >= 11 is 0. The average molecular weight is 446 g/mol. The minimum atomic E-state index is -0.476. The number of ether oxygens (including phenoxy) is 2. The predicted octanol–water partition coefficient (Wildman–Crippen LogP) is 6.42. The summed E-state index contributed by atoms with van der Waals surface area (Å²) in [5.41, 5.74) is 1.42. The van der Waals surface area contributed by atoms with E-state index in [2.05, 4.69) is 24.3 Å². The lowest BCUT2D eigenvalue weighted by molar-refractivity contribution is -0.384. The summed E-state index contributed by atoms with van der Waals surface area (Å²) in [5, 5.41) is 13.2. The van der Waals surface area contributed by atoms with Gasteiger partial charge in [-0.15, -0.1) is 0 Å². The molecule has 0 N–H and O–H groups in total. The fourth-order valence-corrected chi connectivity index (χ4v) is 4.77. The molecule has 0 spiro atoms. The molecule has 2 saturated carbocycles. The molecule has 2 aliphatic carbocycles. The Hall–Kier alpha value is -3.41. The molecule has 0 saturated heterocycles. The summed E-state index contributed by atoms with van der Waals surface area (Å²) in [4.78, 5) is 23.4. The van der Waals surface area contributed by atoms with Crippen LogP contribution in [0.15, 0.2) is 60.7 Å². The summed E-state index contributed by atoms with van der Waals surface area (Å²) in [6.45, 7) is 0.727. The van der Waals surface area contributed by atoms with E-state index in [0.717, 1.165) is 54.4 Å². The highest BCUT2D eigenvalue weighted by molar-refractivity contribution is 5.90. The Kier molecular flexibility index (Phi) is 5.99. The van der Waals surface area contributed by atoms with Crippen molar-refractivity contribution in [3.05, 3.63) is 81.9 Å². The monoisotopic (exact) mass is 445 g/mol. The number of hydrogen-bond acceptors (Lipinski definition) is 5. The van der Waals surface area contributed by atoms with Crippen molar-refractivity contribution in [1.82, 2.24) is 0 Å². The lowest BCUT2D eigenvalue weighted by Gasteiger charge is -2.33. The Morgan fingerprint density at radius 2 is 1.70 bits per heavy atom. The number of carbonyl (C=O) groups excluding carboxylic acids is 1. The minimum absolute atomic E-state index is 0.0426. The van der Waals surface area contributed by atoms with Crippen LogP contribution in [0, 0.1) is 16.0 Å². The fraction of sp³-hybridized carbons (Fsp3) is 0.370. The molecular formula is C27H27NO5. The molecule has 2 fully saturated rings. The van der Waals surface area contributed by atoms with Gasteiger partial charge in [-0.05, 0) is 67.0 Å². The number of carbonyl (C=O) groups is 1. The van der Waals surface area contributed by atoms with Crippen LogP contribution < -0.4 is 4.74 Å². The van der Waals surface area contributed by atoms with Crippen molar-refractivity contribution in [1.29, 1.82) is 0 Å². The maximum absolute atomic E-state index is 12.9. The fourth-order valence-electron chi connectivity index (χ4n) is 4.77. The van der Waals surface area contributed by atoms with Gasteiger partial charge in [0.15, 0.2) is 0 Å². The zero-order chi connectivity index (χ0) is 22.8. The van der Waals surface area contributed by atoms with Crippen LogP contribution in [-0.4, -0.2) is 23.6 Å². The SMILES string of the molecule is O=C(O[C@@H]1CCCC[C@@H]1c1c(OCC2CC2)ccc2ccccc12)c1ccc([N+](=O)[O-])cc1. The third-order valence-electron chi connectivity index (χ3n) is 6.75. The van der Waals surface area contributed by atoms with Gasteiger partial charge in [-0.2, -0.15) is 0 Å². The van der Waals surface area contributed by atoms with E-state index in [9.17, 15) is 14.9 Å². The predicted molar refractivity (Wildman–Crippen MR) is 126 cm³/mol. The molecule has 5 rings (SSSR count). The molecule has 0 aromatic heterocycles. The van der Waals surface area contributed by atoms with Crippen molar-refractivity contribution < 1.29 is 19.2 Å². The van der Waals surface area contributed by atoms with Crippen LogP contribution in [-0.2, 0) is 4.74 Å². The Morgan fingerprint density at radius 1 is 0.939 bits per heavy atom. The second kappa shape index (κ2) is 9.22. The molecule has 0 aliphatic heterocycles. The lowest BCUT2D eigenvalue weighted by Crippen LogP contribution is -2.29. The van der Waals surface area contributed by atoms with Crippen molar-refractivity contribution in [3.63, 3.8) is 0 Å². The lowest BCUT2D eigenvalue weighted by atomic mass is 9.79. The summed E-state index contributed by atoms with van der Waals surface area (Å²) in [5.74, 6) is 1.14. The Labute approximate surface area is 192 Å². The molecule has 3 aromatic carbocycles. The van der Waals surface area contributed by atoms with Crippen LogP contribution in [0.3, 0.4) is 0 Å². The van der Waals surface area contributed by atoms with Crippen molar-refractivity contribution >= 4 is 22.4 Å². The first kappa shape index (κ1) is 21.4. The van der Waals surface area contributed by atoms with Crippen LogP contribution >= 0.6 is 0 Å². The van der Waals surface area contributed by atoms with E-state index in [1.807, 2.05) is 12.1 Å². The van der Waals surface area contributed by atoms with Gasteiger partial charge in [0.25, 0.3) is 5.69 Å². The van der Waals surface area contributed by atoms with Gasteiger partial charge in [0.2, 0.25) is 0 Å². The molecule has 3 aromatic rings. The summed E-state index contributed by atoms with van der Waals surface area (Å²) in [6.07, 6.45) is 5.96. The van der Waals surface area contributed by atoms with Gasteiger partial charge in [-0.25, -0.2) is 4.79 Å². The highest BCUT2D eigenvalue weighted by Gasteiger charge is 2.34. The Balaban J connectivity index is 1.44. The Morgan fingerprint density at radius 3 is 2.45 bits per heavy atom. The van der Waals surface area contributed by atoms with E-state index >= 15 is 0 Å². The Bertz CT molecular complexity index is 1170. The van der Waals surface area contributed by atoms with Gasteiger partial charge in [0.1, 0.15) is 11.9 Å². The highest BCUT2D eigenvalue weighted by atomic mass is 16.6. The quantitative estimate of drug-likeness (QED) is 0.238. The number of nitro groups is 1. The number of hydrogen-bond donors (Lipinski definition) is 0. The van der Waals surface area contributed by atoms with Crippen molar-refractivity contribution in [2.75, 3.05) is 6.61 Å². The number of benzene rings is 3. The molecular weight excluding hydrogens is 418 g/mol. The number of esters is 1. The van der Waals surface area contributed by atoms with Crippen LogP contribution in [0.4, 0.5) is 5.69 Å². The zero-order valence-corrected chi connectivity index (χ0v) is 18.4. The third-order valence-corrected chi connectivity index (χ3v) is 6.75. The molecule has 0 amide bonds. The van der Waals surface area contributed by atoms with Gasteiger partial charge in [0.05, 0.1) is 17.1 Å². The van der Waals surface area contributed by atoms with Gasteiger partial charge in [0, 0.05) is 23.6 Å². The number of fused-ring (bicyclic) bond motifs is 1. The molecule has 33 heavy (non-hydrogen) atoms. The molecule has 170 valence electrons. The maximum atomic E-state index is 12.9. The van der Waals surface area contributed by atoms with E-state index in [4.69, 9.17) is 9.47 Å². The first-order valence-corrected chi connectivity index (χ1v) is 11.7. The van der Waals surface area contributed by atoms with Crippen molar-refractivity contribution in [3.8, 4) is 5.75 Å². The molecule has 0 bridgehead atoms. The van der Waals surface area contributed by atoms with Gasteiger partial charge >= 0.3 is 5.97 Å². The van der Waals surface area contributed by atoms with Crippen molar-refractivity contribution in [2.45, 2.75) is 50.5 Å². The molecule has 6 heteroatoms. The normalized spacial score (nSPS) is 20.4. The molecule has 0 unspecified atom stereocenters. The maximum Gasteiger partial charge on any atom is 0.338 e. The van der Waals surface area contributed by atoms with Crippen LogP contribution in [0.1, 0.15) is 60.4 Å². The van der Waals surface area contributed by atoms with E-state index in [1.54, 1.807) is 0 Å². The van der Waals surface area contributed by atoms with E-state index in [-0.39, 0.29) is 17.7 Å². The highest BCUT2D eigenvalue weighted by Crippen LogP contribution is 2.44. The number of nitrogens with zero attached hydrogens (tertiary/aromatic N) is 1. The van der Waals surface area contributed by atoms with Crippen molar-refractivity contribution in [2.24, 2.45) is 5.92 Å². The molecule has 6 nitrogen and oxygen atoms in total. The largest absolute Gasteiger partial charge is 0.493 e. The first-order chi connectivity index (χ1) is 16.1. The second-order valence-electron chi connectivity index (χ2n) is 9.09.